The third-order valence-electron chi connectivity index (χ3n) is 2.74. The van der Waals surface area contributed by atoms with E-state index in [1.165, 1.54) is 0 Å². The van der Waals surface area contributed by atoms with E-state index in [1.807, 2.05) is 6.07 Å². The fourth-order valence-electron chi connectivity index (χ4n) is 1.50. The summed E-state index contributed by atoms with van der Waals surface area (Å²) < 4.78 is 9.87. The molecule has 0 aliphatic heterocycles. The molecule has 22 heavy (non-hydrogen) atoms. The normalized spacial score (nSPS) is 9.95. The van der Waals surface area contributed by atoms with Gasteiger partial charge < -0.3 is 21.1 Å². The molecule has 4 N–H and O–H groups in total. The Balaban J connectivity index is 0.000000224. The number of amidine groups is 1. The second-order valence-corrected chi connectivity index (χ2v) is 4.08. The molecule has 0 aliphatic carbocycles. The van der Waals surface area contributed by atoms with Crippen molar-refractivity contribution < 1.29 is 9.47 Å². The van der Waals surface area contributed by atoms with E-state index in [0.29, 0.717) is 11.4 Å². The standard InChI is InChI=1S/C8H11N3O.C8H7NO/c1-12-7-4-2-6(3-5-7)8(9)11-10;1-10-8-4-2-7(6-9)3-5-8/h2-5H,10H2,1H3,(H2,9,11);2-5H,1H3. The lowest BCUT2D eigenvalue weighted by molar-refractivity contribution is 0.414. The minimum absolute atomic E-state index is 0.317. The highest BCUT2D eigenvalue weighted by Crippen LogP contribution is 2.10. The van der Waals surface area contributed by atoms with Gasteiger partial charge in [-0.05, 0) is 48.5 Å². The number of hydrazone groups is 1. The van der Waals surface area contributed by atoms with Gasteiger partial charge in [0.05, 0.1) is 25.9 Å². The van der Waals surface area contributed by atoms with Crippen LogP contribution in [0.15, 0.2) is 53.6 Å². The molecule has 0 bridgehead atoms. The zero-order chi connectivity index (χ0) is 16.4. The number of ether oxygens (including phenoxy) is 2. The lowest BCUT2D eigenvalue weighted by Gasteiger charge is -2.01. The van der Waals surface area contributed by atoms with Crippen LogP contribution >= 0.6 is 0 Å². The Hall–Kier alpha value is -3.20. The van der Waals surface area contributed by atoms with Crippen molar-refractivity contribution in [1.29, 1.82) is 5.26 Å². The molecule has 0 saturated heterocycles. The zero-order valence-electron chi connectivity index (χ0n) is 12.5. The first-order valence-electron chi connectivity index (χ1n) is 6.36. The topological polar surface area (TPSA) is 107 Å². The van der Waals surface area contributed by atoms with E-state index in [-0.39, 0.29) is 0 Å². The highest BCUT2D eigenvalue weighted by molar-refractivity contribution is 5.97. The molecule has 2 aromatic rings. The number of nitrogens with zero attached hydrogens (tertiary/aromatic N) is 2. The Morgan fingerprint density at radius 2 is 1.41 bits per heavy atom. The Kier molecular flexibility index (Phi) is 6.79. The van der Waals surface area contributed by atoms with E-state index in [2.05, 4.69) is 5.10 Å². The quantitative estimate of drug-likeness (QED) is 0.389. The van der Waals surface area contributed by atoms with Crippen molar-refractivity contribution in [1.82, 2.24) is 0 Å². The summed E-state index contributed by atoms with van der Waals surface area (Å²) in [5.41, 5.74) is 6.91. The average molecular weight is 298 g/mol. The predicted octanol–water partition coefficient (Wildman–Crippen LogP) is 1.84. The maximum atomic E-state index is 8.41. The number of nitriles is 1. The van der Waals surface area contributed by atoms with Gasteiger partial charge in [-0.2, -0.15) is 10.4 Å². The molecule has 0 aliphatic rings. The van der Waals surface area contributed by atoms with E-state index < -0.39 is 0 Å². The molecular weight excluding hydrogens is 280 g/mol. The minimum atomic E-state index is 0.317. The van der Waals surface area contributed by atoms with E-state index >= 15 is 0 Å². The highest BCUT2D eigenvalue weighted by Gasteiger charge is 1.96. The van der Waals surface area contributed by atoms with Crippen LogP contribution in [-0.2, 0) is 0 Å². The van der Waals surface area contributed by atoms with Crippen molar-refractivity contribution in [2.75, 3.05) is 14.2 Å². The lowest BCUT2D eigenvalue weighted by atomic mass is 10.2. The summed E-state index contributed by atoms with van der Waals surface area (Å²) in [6.45, 7) is 0. The second-order valence-electron chi connectivity index (χ2n) is 4.08. The largest absolute Gasteiger partial charge is 0.497 e. The van der Waals surface area contributed by atoms with E-state index in [1.54, 1.807) is 62.8 Å². The zero-order valence-corrected chi connectivity index (χ0v) is 12.5. The molecule has 0 saturated carbocycles. The number of methoxy groups -OCH3 is 2. The van der Waals surface area contributed by atoms with Gasteiger partial charge in [-0.25, -0.2) is 0 Å². The van der Waals surface area contributed by atoms with Crippen LogP contribution < -0.4 is 21.1 Å². The number of nitrogens with two attached hydrogens (primary N) is 2. The average Bonchev–Trinajstić information content (AvgIpc) is 2.61. The summed E-state index contributed by atoms with van der Waals surface area (Å²) in [7, 11) is 3.21. The maximum absolute atomic E-state index is 8.41. The van der Waals surface area contributed by atoms with Crippen LogP contribution in [0.2, 0.25) is 0 Å². The molecule has 0 amide bonds. The molecule has 0 atom stereocenters. The van der Waals surface area contributed by atoms with Gasteiger partial charge in [-0.1, -0.05) is 0 Å². The van der Waals surface area contributed by atoms with Crippen molar-refractivity contribution in [3.8, 4) is 17.6 Å². The monoisotopic (exact) mass is 298 g/mol. The van der Waals surface area contributed by atoms with Crippen LogP contribution in [-0.4, -0.2) is 20.1 Å². The third-order valence-corrected chi connectivity index (χ3v) is 2.74. The number of hydrogen-bond donors (Lipinski definition) is 2. The van der Waals surface area contributed by atoms with Gasteiger partial charge in [0.1, 0.15) is 17.3 Å². The molecule has 0 aromatic heterocycles. The van der Waals surface area contributed by atoms with Crippen LogP contribution in [0, 0.1) is 11.3 Å². The summed E-state index contributed by atoms with van der Waals surface area (Å²) >= 11 is 0. The van der Waals surface area contributed by atoms with Crippen molar-refractivity contribution in [3.05, 3.63) is 59.7 Å². The maximum Gasteiger partial charge on any atom is 0.150 e. The summed E-state index contributed by atoms with van der Waals surface area (Å²) in [4.78, 5) is 0. The molecule has 6 heteroatoms. The van der Waals surface area contributed by atoms with Crippen LogP contribution in [0.5, 0.6) is 11.5 Å². The molecule has 0 heterocycles. The second kappa shape index (κ2) is 8.87. The summed E-state index contributed by atoms with van der Waals surface area (Å²) in [5.74, 6) is 6.88. The predicted molar refractivity (Wildman–Crippen MR) is 85.6 cm³/mol. The number of rotatable bonds is 3. The molecule has 0 fully saturated rings. The number of benzene rings is 2. The van der Waals surface area contributed by atoms with E-state index in [9.17, 15) is 0 Å². The molecule has 0 radical (unpaired) electrons. The minimum Gasteiger partial charge on any atom is -0.497 e. The first kappa shape index (κ1) is 16.9. The molecule has 114 valence electrons. The molecule has 2 aromatic carbocycles. The van der Waals surface area contributed by atoms with Gasteiger partial charge in [0.15, 0.2) is 0 Å². The van der Waals surface area contributed by atoms with Crippen molar-refractivity contribution in [3.63, 3.8) is 0 Å². The van der Waals surface area contributed by atoms with Gasteiger partial charge in [0.25, 0.3) is 0 Å². The highest BCUT2D eigenvalue weighted by atomic mass is 16.5. The molecule has 6 nitrogen and oxygen atoms in total. The van der Waals surface area contributed by atoms with Crippen LogP contribution in [0.25, 0.3) is 0 Å². The first-order chi connectivity index (χ1) is 10.6. The van der Waals surface area contributed by atoms with Crippen LogP contribution in [0.3, 0.4) is 0 Å². The van der Waals surface area contributed by atoms with E-state index in [0.717, 1.165) is 17.1 Å². The van der Waals surface area contributed by atoms with Gasteiger partial charge in [-0.3, -0.25) is 0 Å². The van der Waals surface area contributed by atoms with Crippen molar-refractivity contribution in [2.24, 2.45) is 16.7 Å². The van der Waals surface area contributed by atoms with Crippen LogP contribution in [0.4, 0.5) is 0 Å². The Bertz CT molecular complexity index is 643. The summed E-state index contributed by atoms with van der Waals surface area (Å²) in [6.07, 6.45) is 0. The van der Waals surface area contributed by atoms with Gasteiger partial charge in [0.2, 0.25) is 0 Å². The number of hydrogen-bond acceptors (Lipinski definition) is 5. The first-order valence-corrected chi connectivity index (χ1v) is 6.36. The van der Waals surface area contributed by atoms with Gasteiger partial charge >= 0.3 is 0 Å². The molecule has 0 unspecified atom stereocenters. The lowest BCUT2D eigenvalue weighted by Crippen LogP contribution is -2.15. The van der Waals surface area contributed by atoms with Crippen molar-refractivity contribution in [2.45, 2.75) is 0 Å². The summed E-state index contributed by atoms with van der Waals surface area (Å²) in [5, 5.41) is 11.8. The smallest absolute Gasteiger partial charge is 0.150 e. The third kappa shape index (κ3) is 5.06. The Morgan fingerprint density at radius 3 is 1.77 bits per heavy atom. The van der Waals surface area contributed by atoms with E-state index in [4.69, 9.17) is 26.3 Å². The Morgan fingerprint density at radius 1 is 0.955 bits per heavy atom. The SMILES string of the molecule is COc1ccc(C#N)cc1.COc1ccc(C(N)=NN)cc1. The summed E-state index contributed by atoms with van der Waals surface area (Å²) in [6, 6.07) is 16.2. The molecular formula is C16H18N4O2. The van der Waals surface area contributed by atoms with Crippen LogP contribution in [0.1, 0.15) is 11.1 Å². The fraction of sp³-hybridized carbons (Fsp3) is 0.125. The fourth-order valence-corrected chi connectivity index (χ4v) is 1.50. The van der Waals surface area contributed by atoms with Gasteiger partial charge in [0, 0.05) is 5.56 Å². The van der Waals surface area contributed by atoms with Crippen molar-refractivity contribution >= 4 is 5.84 Å². The molecule has 0 spiro atoms. The Labute approximate surface area is 129 Å². The molecule has 2 rings (SSSR count). The van der Waals surface area contributed by atoms with Gasteiger partial charge in [-0.15, -0.1) is 0 Å².